The summed E-state index contributed by atoms with van der Waals surface area (Å²) in [5.41, 5.74) is 3.95. The summed E-state index contributed by atoms with van der Waals surface area (Å²) in [6, 6.07) is 22.3. The highest BCUT2D eigenvalue weighted by Crippen LogP contribution is 2.34. The van der Waals surface area contributed by atoms with Crippen molar-refractivity contribution in [1.82, 2.24) is 4.98 Å². The van der Waals surface area contributed by atoms with E-state index in [0.29, 0.717) is 0 Å². The highest BCUT2D eigenvalue weighted by atomic mass is 28.3. The molecule has 0 spiro atoms. The molecule has 0 amide bonds. The molecular formula is C28H31NSi. The van der Waals surface area contributed by atoms with Gasteiger partial charge in [0.1, 0.15) is 0 Å². The predicted molar refractivity (Wildman–Crippen MR) is 133 cm³/mol. The molecule has 1 aromatic heterocycles. The van der Waals surface area contributed by atoms with Crippen molar-refractivity contribution in [1.29, 1.82) is 0 Å². The van der Waals surface area contributed by atoms with Crippen LogP contribution in [0.15, 0.2) is 66.9 Å². The second kappa shape index (κ2) is 7.66. The van der Waals surface area contributed by atoms with Gasteiger partial charge in [-0.15, -0.1) is 0 Å². The molecule has 0 aliphatic heterocycles. The topological polar surface area (TPSA) is 12.9 Å². The largest absolute Gasteiger partial charge is 0.256 e. The minimum Gasteiger partial charge on any atom is -0.256 e. The highest BCUT2D eigenvalue weighted by Gasteiger charge is 2.24. The monoisotopic (exact) mass is 409 g/mol. The first-order valence-corrected chi connectivity index (χ1v) is 14.9. The average molecular weight is 410 g/mol. The number of hydrogen-bond donors (Lipinski definition) is 0. The third kappa shape index (κ3) is 3.58. The van der Waals surface area contributed by atoms with Gasteiger partial charge in [0, 0.05) is 11.8 Å². The lowest BCUT2D eigenvalue weighted by Gasteiger charge is -2.23. The molecule has 152 valence electrons. The van der Waals surface area contributed by atoms with E-state index in [0.717, 1.165) is 11.6 Å². The molecule has 1 saturated carbocycles. The Morgan fingerprint density at radius 3 is 2.40 bits per heavy atom. The Morgan fingerprint density at radius 1 is 0.833 bits per heavy atom. The zero-order chi connectivity index (χ0) is 20.7. The SMILES string of the molecule is C[Si](C)(C)c1cnc(-c2cccc3c2ccc2ccccc23)cc1CC1CCCC1. The summed E-state index contributed by atoms with van der Waals surface area (Å²) in [6.07, 6.45) is 9.03. The normalized spacial score (nSPS) is 15.3. The summed E-state index contributed by atoms with van der Waals surface area (Å²) in [4.78, 5) is 5.02. The molecule has 4 aromatic rings. The molecule has 2 heteroatoms. The van der Waals surface area contributed by atoms with Crippen LogP contribution in [0, 0.1) is 5.92 Å². The predicted octanol–water partition coefficient (Wildman–Crippen LogP) is 7.33. The summed E-state index contributed by atoms with van der Waals surface area (Å²) in [5.74, 6) is 0.854. The first kappa shape index (κ1) is 19.5. The smallest absolute Gasteiger partial charge is 0.0799 e. The molecule has 0 bridgehead atoms. The molecule has 0 saturated heterocycles. The Morgan fingerprint density at radius 2 is 1.60 bits per heavy atom. The lowest BCUT2D eigenvalue weighted by molar-refractivity contribution is 0.547. The highest BCUT2D eigenvalue weighted by molar-refractivity contribution is 6.89. The van der Waals surface area contributed by atoms with Crippen molar-refractivity contribution in [3.63, 3.8) is 0 Å². The molecule has 5 rings (SSSR count). The minimum atomic E-state index is -1.43. The van der Waals surface area contributed by atoms with Crippen molar-refractivity contribution in [3.8, 4) is 11.3 Å². The van der Waals surface area contributed by atoms with Gasteiger partial charge in [0.25, 0.3) is 0 Å². The van der Waals surface area contributed by atoms with E-state index in [2.05, 4.69) is 86.5 Å². The van der Waals surface area contributed by atoms with Crippen molar-refractivity contribution >= 4 is 34.8 Å². The van der Waals surface area contributed by atoms with E-state index in [9.17, 15) is 0 Å². The van der Waals surface area contributed by atoms with E-state index in [1.807, 2.05) is 0 Å². The lowest BCUT2D eigenvalue weighted by atomic mass is 9.94. The minimum absolute atomic E-state index is 0.854. The second-order valence-corrected chi connectivity index (χ2v) is 15.1. The summed E-state index contributed by atoms with van der Waals surface area (Å²) in [6.45, 7) is 7.35. The van der Waals surface area contributed by atoms with E-state index in [-0.39, 0.29) is 0 Å². The van der Waals surface area contributed by atoms with Crippen LogP contribution in [0.2, 0.25) is 19.6 Å². The number of aromatic nitrogens is 1. The zero-order valence-electron chi connectivity index (χ0n) is 18.4. The molecular weight excluding hydrogens is 378 g/mol. The van der Waals surface area contributed by atoms with Gasteiger partial charge in [-0.05, 0) is 50.7 Å². The third-order valence-electron chi connectivity index (χ3n) is 6.84. The summed E-state index contributed by atoms with van der Waals surface area (Å²) in [7, 11) is -1.43. The van der Waals surface area contributed by atoms with Gasteiger partial charge >= 0.3 is 0 Å². The Balaban J connectivity index is 1.66. The molecule has 1 nitrogen and oxygen atoms in total. The zero-order valence-corrected chi connectivity index (χ0v) is 19.4. The van der Waals surface area contributed by atoms with Gasteiger partial charge in [0.15, 0.2) is 0 Å². The average Bonchev–Trinajstić information content (AvgIpc) is 3.25. The number of benzene rings is 3. The quantitative estimate of drug-likeness (QED) is 0.254. The maximum absolute atomic E-state index is 5.02. The van der Waals surface area contributed by atoms with Crippen LogP contribution >= 0.6 is 0 Å². The number of fused-ring (bicyclic) bond motifs is 3. The van der Waals surface area contributed by atoms with Crippen LogP contribution in [0.4, 0.5) is 0 Å². The summed E-state index contributed by atoms with van der Waals surface area (Å²) >= 11 is 0. The molecule has 3 aromatic carbocycles. The van der Waals surface area contributed by atoms with Gasteiger partial charge in [-0.25, -0.2) is 0 Å². The molecule has 0 unspecified atom stereocenters. The van der Waals surface area contributed by atoms with Crippen LogP contribution in [0.25, 0.3) is 32.8 Å². The van der Waals surface area contributed by atoms with Gasteiger partial charge in [0.05, 0.1) is 13.8 Å². The molecule has 1 heterocycles. The van der Waals surface area contributed by atoms with Crippen molar-refractivity contribution in [3.05, 3.63) is 72.4 Å². The van der Waals surface area contributed by atoms with Crippen molar-refractivity contribution in [2.75, 3.05) is 0 Å². The molecule has 0 N–H and O–H groups in total. The van der Waals surface area contributed by atoms with Crippen LogP contribution in [0.5, 0.6) is 0 Å². The van der Waals surface area contributed by atoms with Crippen molar-refractivity contribution in [2.24, 2.45) is 5.92 Å². The Labute approximate surface area is 181 Å². The van der Waals surface area contributed by atoms with Gasteiger partial charge in [-0.1, -0.05) is 99.9 Å². The van der Waals surface area contributed by atoms with E-state index in [4.69, 9.17) is 4.98 Å². The standard InChI is InChI=1S/C28H31NSi/c1-30(2,3)28-19-29-27(18-22(28)17-20-9-4-5-10-20)26-14-8-13-24-23-12-7-6-11-21(23)15-16-25(24)26/h6-8,11-16,18-20H,4-5,9-10,17H2,1-3H3. The maximum Gasteiger partial charge on any atom is 0.0799 e. The molecule has 30 heavy (non-hydrogen) atoms. The fourth-order valence-corrected chi connectivity index (χ4v) is 6.87. The molecule has 1 aliphatic rings. The number of hydrogen-bond acceptors (Lipinski definition) is 1. The first-order valence-electron chi connectivity index (χ1n) is 11.4. The molecule has 0 radical (unpaired) electrons. The van der Waals surface area contributed by atoms with Crippen LogP contribution in [0.3, 0.4) is 0 Å². The van der Waals surface area contributed by atoms with Gasteiger partial charge < -0.3 is 0 Å². The van der Waals surface area contributed by atoms with E-state index in [1.165, 1.54) is 59.2 Å². The van der Waals surface area contributed by atoms with Crippen LogP contribution < -0.4 is 5.19 Å². The maximum atomic E-state index is 5.02. The van der Waals surface area contributed by atoms with Gasteiger partial charge in [-0.3, -0.25) is 4.98 Å². The van der Waals surface area contributed by atoms with E-state index in [1.54, 1.807) is 10.8 Å². The van der Waals surface area contributed by atoms with Crippen LogP contribution in [0.1, 0.15) is 31.2 Å². The third-order valence-corrected chi connectivity index (χ3v) is 8.91. The van der Waals surface area contributed by atoms with Crippen LogP contribution in [-0.4, -0.2) is 13.1 Å². The van der Waals surface area contributed by atoms with E-state index >= 15 is 0 Å². The molecule has 1 aliphatic carbocycles. The Kier molecular flexibility index (Phi) is 4.98. The van der Waals surface area contributed by atoms with Gasteiger partial charge in [0.2, 0.25) is 0 Å². The van der Waals surface area contributed by atoms with Crippen LogP contribution in [-0.2, 0) is 6.42 Å². The van der Waals surface area contributed by atoms with Gasteiger partial charge in [-0.2, -0.15) is 0 Å². The Bertz CT molecular complexity index is 1210. The molecule has 1 fully saturated rings. The summed E-state index contributed by atoms with van der Waals surface area (Å²) < 4.78 is 0. The lowest BCUT2D eigenvalue weighted by Crippen LogP contribution is -2.41. The summed E-state index contributed by atoms with van der Waals surface area (Å²) in [5, 5.41) is 6.78. The fourth-order valence-electron chi connectivity index (χ4n) is 5.28. The number of nitrogens with zero attached hydrogens (tertiary/aromatic N) is 1. The number of pyridine rings is 1. The number of rotatable bonds is 4. The first-order chi connectivity index (χ1) is 14.5. The van der Waals surface area contributed by atoms with Crippen molar-refractivity contribution in [2.45, 2.75) is 51.7 Å². The fraction of sp³-hybridized carbons (Fsp3) is 0.321. The van der Waals surface area contributed by atoms with Crippen molar-refractivity contribution < 1.29 is 0 Å². The van der Waals surface area contributed by atoms with E-state index < -0.39 is 8.07 Å². The molecule has 0 atom stereocenters. The second-order valence-electron chi connectivity index (χ2n) is 10.0. The Hall–Kier alpha value is -2.45.